The zero-order valence-electron chi connectivity index (χ0n) is 25.0. The SMILES string of the molecule is C/C=C(\C)C(=O)O[C@@H]1[C@@H]2[C@H]3O[C@]34[C@@H]3CC(=O)O[C@@H](c5ccco5)[C@]3(C)CC[C@@H]4[C@]3(C)[C@@H](CC(=O)OC)[C@@]1(C)CO[C@]23O. The van der Waals surface area contributed by atoms with Gasteiger partial charge in [0, 0.05) is 40.1 Å². The number of hydrogen-bond acceptors (Lipinski definition) is 10. The summed E-state index contributed by atoms with van der Waals surface area (Å²) < 4.78 is 36.4. The van der Waals surface area contributed by atoms with Crippen molar-refractivity contribution in [3.8, 4) is 0 Å². The molecule has 0 unspecified atom stereocenters. The number of methoxy groups -OCH3 is 1. The van der Waals surface area contributed by atoms with Crippen molar-refractivity contribution in [2.45, 2.75) is 90.0 Å². The first-order chi connectivity index (χ1) is 19.8. The fourth-order valence-corrected chi connectivity index (χ4v) is 10.4. The summed E-state index contributed by atoms with van der Waals surface area (Å²) in [4.78, 5) is 39.4. The van der Waals surface area contributed by atoms with Gasteiger partial charge >= 0.3 is 17.9 Å². The molecule has 228 valence electrons. The van der Waals surface area contributed by atoms with Gasteiger partial charge in [0.15, 0.2) is 11.9 Å². The van der Waals surface area contributed by atoms with Crippen LogP contribution in [-0.2, 0) is 38.1 Å². The van der Waals surface area contributed by atoms with E-state index in [1.165, 1.54) is 7.11 Å². The molecular weight excluding hydrogens is 544 g/mol. The van der Waals surface area contributed by atoms with Crippen LogP contribution in [0.1, 0.15) is 72.2 Å². The highest BCUT2D eigenvalue weighted by atomic mass is 16.7. The van der Waals surface area contributed by atoms with E-state index in [1.54, 1.807) is 32.3 Å². The van der Waals surface area contributed by atoms with E-state index in [0.717, 1.165) is 0 Å². The molecule has 3 saturated carbocycles. The molecule has 7 aliphatic rings. The van der Waals surface area contributed by atoms with Crippen molar-refractivity contribution in [1.29, 1.82) is 0 Å². The second-order valence-corrected chi connectivity index (χ2v) is 14.1. The van der Waals surface area contributed by atoms with Crippen LogP contribution in [0, 0.1) is 39.9 Å². The number of carbonyl (C=O) groups excluding carboxylic acids is 3. The Morgan fingerprint density at radius 1 is 1.19 bits per heavy atom. The predicted octanol–water partition coefficient (Wildman–Crippen LogP) is 3.87. The molecule has 3 aliphatic carbocycles. The maximum atomic E-state index is 13.3. The molecule has 5 heterocycles. The van der Waals surface area contributed by atoms with E-state index in [0.29, 0.717) is 24.2 Å². The third-order valence-electron chi connectivity index (χ3n) is 12.6. The normalized spacial score (nSPS) is 50.1. The van der Waals surface area contributed by atoms with Crippen molar-refractivity contribution in [2.75, 3.05) is 13.7 Å². The molecule has 1 aromatic heterocycles. The number of hydrogen-bond donors (Lipinski definition) is 1. The minimum Gasteiger partial charge on any atom is -0.469 e. The van der Waals surface area contributed by atoms with Gasteiger partial charge in [0.05, 0.1) is 38.4 Å². The zero-order chi connectivity index (χ0) is 30.0. The molecule has 0 radical (unpaired) electrons. The number of allylic oxidation sites excluding steroid dienone is 1. The maximum absolute atomic E-state index is 13.3. The summed E-state index contributed by atoms with van der Waals surface area (Å²) in [6.45, 7) is 9.69. The summed E-state index contributed by atoms with van der Waals surface area (Å²) in [5.41, 5.74) is -2.63. The Kier molecular flexibility index (Phi) is 5.82. The van der Waals surface area contributed by atoms with Gasteiger partial charge in [0.2, 0.25) is 0 Å². The lowest BCUT2D eigenvalue weighted by Crippen LogP contribution is -2.83. The molecule has 10 heteroatoms. The standard InChI is InChI=1S/C32H40O10/c1-7-16(2)27(35)41-25-23-26-31(42-26)18(30(5)19(13-21(33)37-6)29(25,4)15-39-32(23,30)36)10-11-28(3)20(31)14-22(34)40-24(28)17-9-8-12-38-17/h7-9,12,18-20,23-26,36H,10-11,13-15H2,1-6H3/b16-7+/t18-,19+,20-,23-,24+,25-,26-,28-,29-,30-,31-,32-/m1/s1. The van der Waals surface area contributed by atoms with E-state index in [2.05, 4.69) is 6.92 Å². The van der Waals surface area contributed by atoms with E-state index in [4.69, 9.17) is 28.1 Å². The minimum absolute atomic E-state index is 0.0226. The van der Waals surface area contributed by atoms with Gasteiger partial charge in [-0.1, -0.05) is 26.8 Å². The van der Waals surface area contributed by atoms with Crippen molar-refractivity contribution in [3.63, 3.8) is 0 Å². The molecule has 10 nitrogen and oxygen atoms in total. The van der Waals surface area contributed by atoms with Gasteiger partial charge in [-0.15, -0.1) is 0 Å². The molecule has 4 bridgehead atoms. The Labute approximate surface area is 245 Å². The largest absolute Gasteiger partial charge is 0.469 e. The summed E-state index contributed by atoms with van der Waals surface area (Å²) in [6, 6.07) is 3.62. The second-order valence-electron chi connectivity index (χ2n) is 14.1. The monoisotopic (exact) mass is 584 g/mol. The molecule has 8 rings (SSSR count). The third kappa shape index (κ3) is 3.13. The van der Waals surface area contributed by atoms with Crippen LogP contribution in [0.4, 0.5) is 0 Å². The van der Waals surface area contributed by atoms with Crippen LogP contribution in [0.2, 0.25) is 0 Å². The number of epoxide rings is 1. The molecule has 12 atom stereocenters. The van der Waals surface area contributed by atoms with Crippen LogP contribution < -0.4 is 0 Å². The number of rotatable bonds is 5. The van der Waals surface area contributed by atoms with Gasteiger partial charge in [0.25, 0.3) is 0 Å². The zero-order valence-corrected chi connectivity index (χ0v) is 25.0. The van der Waals surface area contributed by atoms with Crippen molar-refractivity contribution < 1.29 is 47.6 Å². The van der Waals surface area contributed by atoms with E-state index in [-0.39, 0.29) is 37.3 Å². The fraction of sp³-hybridized carbons (Fsp3) is 0.719. The molecule has 0 aromatic carbocycles. The number of carbonyl (C=O) groups is 3. The van der Waals surface area contributed by atoms with Crippen LogP contribution in [0.3, 0.4) is 0 Å². The number of cyclic esters (lactones) is 1. The average molecular weight is 585 g/mol. The lowest BCUT2D eigenvalue weighted by atomic mass is 9.34. The van der Waals surface area contributed by atoms with Crippen molar-refractivity contribution in [2.24, 2.45) is 39.9 Å². The Balaban J connectivity index is 1.39. The lowest BCUT2D eigenvalue weighted by molar-refractivity contribution is -0.446. The van der Waals surface area contributed by atoms with E-state index < -0.39 is 69.7 Å². The summed E-state index contributed by atoms with van der Waals surface area (Å²) in [6.07, 6.45) is 2.90. The number of fused-ring (bicyclic) bond motifs is 2. The second kappa shape index (κ2) is 8.70. The molecule has 4 aliphatic heterocycles. The number of furan rings is 1. The van der Waals surface area contributed by atoms with Gasteiger partial charge in [-0.2, -0.15) is 0 Å². The third-order valence-corrected chi connectivity index (χ3v) is 12.6. The Bertz CT molecular complexity index is 1370. The molecule has 4 saturated heterocycles. The van der Waals surface area contributed by atoms with Gasteiger partial charge in [-0.05, 0) is 44.7 Å². The van der Waals surface area contributed by atoms with Crippen molar-refractivity contribution in [1.82, 2.24) is 0 Å². The van der Waals surface area contributed by atoms with E-state index in [9.17, 15) is 19.5 Å². The summed E-state index contributed by atoms with van der Waals surface area (Å²) in [5, 5.41) is 12.7. The van der Waals surface area contributed by atoms with Crippen LogP contribution >= 0.6 is 0 Å². The van der Waals surface area contributed by atoms with Crippen LogP contribution in [0.25, 0.3) is 0 Å². The summed E-state index contributed by atoms with van der Waals surface area (Å²) in [7, 11) is 1.35. The van der Waals surface area contributed by atoms with Crippen LogP contribution in [0.5, 0.6) is 0 Å². The highest BCUT2D eigenvalue weighted by molar-refractivity contribution is 5.87. The summed E-state index contributed by atoms with van der Waals surface area (Å²) in [5.74, 6) is -4.02. The van der Waals surface area contributed by atoms with Gasteiger partial charge in [-0.3, -0.25) is 9.59 Å². The van der Waals surface area contributed by atoms with E-state index in [1.807, 2.05) is 19.9 Å². The number of ether oxygens (including phenoxy) is 5. The highest BCUT2D eigenvalue weighted by Gasteiger charge is 2.91. The smallest absolute Gasteiger partial charge is 0.333 e. The first-order valence-corrected chi connectivity index (χ1v) is 15.0. The number of aliphatic hydroxyl groups is 1. The van der Waals surface area contributed by atoms with Crippen molar-refractivity contribution in [3.05, 3.63) is 35.8 Å². The molecule has 1 spiro atoms. The molecule has 1 aromatic rings. The minimum atomic E-state index is -1.73. The number of esters is 3. The molecule has 1 N–H and O–H groups in total. The van der Waals surface area contributed by atoms with E-state index >= 15 is 0 Å². The van der Waals surface area contributed by atoms with Gasteiger partial charge in [-0.25, -0.2) is 4.79 Å². The highest BCUT2D eigenvalue weighted by Crippen LogP contribution is 2.82. The topological polar surface area (TPSA) is 134 Å². The Morgan fingerprint density at radius 2 is 1.95 bits per heavy atom. The first kappa shape index (κ1) is 28.1. The van der Waals surface area contributed by atoms with Crippen LogP contribution in [0.15, 0.2) is 34.5 Å². The molecule has 7 fully saturated rings. The summed E-state index contributed by atoms with van der Waals surface area (Å²) >= 11 is 0. The molecule has 42 heavy (non-hydrogen) atoms. The molecular formula is C32H40O10. The van der Waals surface area contributed by atoms with Gasteiger partial charge in [0.1, 0.15) is 17.5 Å². The predicted molar refractivity (Wildman–Crippen MR) is 144 cm³/mol. The Hall–Kier alpha value is -2.69. The average Bonchev–Trinajstić information content (AvgIpc) is 3.41. The maximum Gasteiger partial charge on any atom is 0.333 e. The molecule has 0 amide bonds. The van der Waals surface area contributed by atoms with Gasteiger partial charge < -0.3 is 33.2 Å². The lowest BCUT2D eigenvalue weighted by Gasteiger charge is -2.74. The van der Waals surface area contributed by atoms with Crippen molar-refractivity contribution >= 4 is 17.9 Å². The van der Waals surface area contributed by atoms with Crippen LogP contribution in [-0.4, -0.2) is 60.3 Å². The fourth-order valence-electron chi connectivity index (χ4n) is 10.4. The first-order valence-electron chi connectivity index (χ1n) is 15.0. The Morgan fingerprint density at radius 3 is 2.62 bits per heavy atom. The quantitative estimate of drug-likeness (QED) is 0.235.